The number of aryl methyl sites for hydroxylation is 2. The first-order valence-corrected chi connectivity index (χ1v) is 6.99. The second kappa shape index (κ2) is 4.74. The molecule has 0 radical (unpaired) electrons. The summed E-state index contributed by atoms with van der Waals surface area (Å²) in [6.07, 6.45) is 1.03. The molecule has 3 aromatic rings. The third-order valence-corrected chi connectivity index (χ3v) is 3.66. The van der Waals surface area contributed by atoms with Crippen molar-refractivity contribution in [3.8, 4) is 11.5 Å². The first-order valence-electron chi connectivity index (χ1n) is 6.99. The van der Waals surface area contributed by atoms with Crippen molar-refractivity contribution >= 4 is 11.2 Å². The topological polar surface area (TPSA) is 59.4 Å². The predicted octanol–water partition coefficient (Wildman–Crippen LogP) is 3.41. The van der Waals surface area contributed by atoms with E-state index in [0.717, 1.165) is 40.5 Å². The van der Waals surface area contributed by atoms with Gasteiger partial charge in [-0.25, -0.2) is 14.6 Å². The highest BCUT2D eigenvalue weighted by atomic mass is 15.3. The minimum absolute atomic E-state index is 0.341. The Morgan fingerprint density at radius 1 is 1.25 bits per heavy atom. The van der Waals surface area contributed by atoms with Crippen molar-refractivity contribution in [1.29, 1.82) is 0 Å². The lowest BCUT2D eigenvalue weighted by atomic mass is 10.3. The highest BCUT2D eigenvalue weighted by Crippen LogP contribution is 2.24. The van der Waals surface area contributed by atoms with Crippen LogP contribution < -0.4 is 0 Å². The van der Waals surface area contributed by atoms with Crippen LogP contribution >= 0.6 is 0 Å². The maximum Gasteiger partial charge on any atom is 0.177 e. The minimum Gasteiger partial charge on any atom is -0.334 e. The number of hydrogen-bond acceptors (Lipinski definition) is 3. The number of nitrogens with zero attached hydrogens (tertiary/aromatic N) is 4. The molecular formula is C15H19N5. The van der Waals surface area contributed by atoms with Gasteiger partial charge in [-0.1, -0.05) is 13.0 Å². The molecule has 20 heavy (non-hydrogen) atoms. The van der Waals surface area contributed by atoms with Crippen molar-refractivity contribution in [2.45, 2.75) is 40.2 Å². The van der Waals surface area contributed by atoms with Crippen LogP contribution in [0, 0.1) is 13.8 Å². The predicted molar refractivity (Wildman–Crippen MR) is 79.6 cm³/mol. The standard InChI is InChI=1S/C15H19N5/c1-5-10(3)20-15-13(11(4)19-20)17-14(18-15)12-8-6-7-9(2)16-12/h6-8,10H,5H2,1-4H3,(H,17,18). The molecule has 0 aliphatic heterocycles. The molecule has 3 aromatic heterocycles. The van der Waals surface area contributed by atoms with Crippen LogP contribution in [0.4, 0.5) is 0 Å². The minimum atomic E-state index is 0.341. The van der Waals surface area contributed by atoms with Gasteiger partial charge in [-0.05, 0) is 39.3 Å². The Morgan fingerprint density at radius 3 is 2.75 bits per heavy atom. The van der Waals surface area contributed by atoms with Gasteiger partial charge >= 0.3 is 0 Å². The van der Waals surface area contributed by atoms with Crippen LogP contribution in [0.5, 0.6) is 0 Å². The molecule has 0 aliphatic carbocycles. The third-order valence-electron chi connectivity index (χ3n) is 3.66. The number of fused-ring (bicyclic) bond motifs is 1. The van der Waals surface area contributed by atoms with E-state index < -0.39 is 0 Å². The fourth-order valence-electron chi connectivity index (χ4n) is 2.32. The van der Waals surface area contributed by atoms with Crippen LogP contribution in [0.25, 0.3) is 22.7 Å². The second-order valence-corrected chi connectivity index (χ2v) is 5.24. The van der Waals surface area contributed by atoms with Gasteiger partial charge in [0.15, 0.2) is 11.5 Å². The molecule has 5 heteroatoms. The number of aromatic amines is 1. The zero-order valence-electron chi connectivity index (χ0n) is 12.3. The Kier molecular flexibility index (Phi) is 3.04. The van der Waals surface area contributed by atoms with E-state index in [1.165, 1.54) is 0 Å². The molecule has 0 bridgehead atoms. The number of rotatable bonds is 3. The van der Waals surface area contributed by atoms with Gasteiger partial charge in [0.2, 0.25) is 0 Å². The highest BCUT2D eigenvalue weighted by molar-refractivity contribution is 5.78. The summed E-state index contributed by atoms with van der Waals surface area (Å²) in [5.41, 5.74) is 4.75. The molecule has 0 saturated heterocycles. The number of hydrogen-bond donors (Lipinski definition) is 1. The lowest BCUT2D eigenvalue weighted by molar-refractivity contribution is 0.487. The Balaban J connectivity index is 2.16. The fraction of sp³-hybridized carbons (Fsp3) is 0.400. The molecule has 1 unspecified atom stereocenters. The smallest absolute Gasteiger partial charge is 0.177 e. The average Bonchev–Trinajstić information content (AvgIpc) is 2.99. The second-order valence-electron chi connectivity index (χ2n) is 5.24. The van der Waals surface area contributed by atoms with Crippen molar-refractivity contribution in [2.75, 3.05) is 0 Å². The van der Waals surface area contributed by atoms with Crippen molar-refractivity contribution in [3.05, 3.63) is 29.6 Å². The van der Waals surface area contributed by atoms with Gasteiger partial charge in [-0.15, -0.1) is 0 Å². The maximum atomic E-state index is 4.70. The average molecular weight is 269 g/mol. The lowest BCUT2D eigenvalue weighted by Crippen LogP contribution is -2.06. The van der Waals surface area contributed by atoms with Crippen LogP contribution in [0.1, 0.15) is 37.7 Å². The van der Waals surface area contributed by atoms with Crippen LogP contribution in [0.2, 0.25) is 0 Å². The van der Waals surface area contributed by atoms with E-state index >= 15 is 0 Å². The summed E-state index contributed by atoms with van der Waals surface area (Å²) in [5.74, 6) is 0.807. The summed E-state index contributed by atoms with van der Waals surface area (Å²) < 4.78 is 2.00. The van der Waals surface area contributed by atoms with Crippen molar-refractivity contribution in [1.82, 2.24) is 24.7 Å². The van der Waals surface area contributed by atoms with Crippen LogP contribution in [0.3, 0.4) is 0 Å². The zero-order valence-corrected chi connectivity index (χ0v) is 12.3. The first kappa shape index (κ1) is 12.8. The van der Waals surface area contributed by atoms with Gasteiger partial charge in [-0.2, -0.15) is 5.10 Å². The molecule has 5 nitrogen and oxygen atoms in total. The van der Waals surface area contributed by atoms with Gasteiger partial charge in [0.25, 0.3) is 0 Å². The molecule has 0 spiro atoms. The van der Waals surface area contributed by atoms with Gasteiger partial charge < -0.3 is 4.98 Å². The van der Waals surface area contributed by atoms with Crippen LogP contribution in [-0.2, 0) is 0 Å². The van der Waals surface area contributed by atoms with E-state index in [1.54, 1.807) is 0 Å². The first-order chi connectivity index (χ1) is 9.60. The van der Waals surface area contributed by atoms with E-state index in [1.807, 2.05) is 36.7 Å². The summed E-state index contributed by atoms with van der Waals surface area (Å²) in [6, 6.07) is 6.30. The summed E-state index contributed by atoms with van der Waals surface area (Å²) >= 11 is 0. The molecule has 0 amide bonds. The van der Waals surface area contributed by atoms with Gasteiger partial charge in [0.1, 0.15) is 11.2 Å². The van der Waals surface area contributed by atoms with E-state index in [-0.39, 0.29) is 0 Å². The highest BCUT2D eigenvalue weighted by Gasteiger charge is 2.17. The monoisotopic (exact) mass is 269 g/mol. The van der Waals surface area contributed by atoms with Crippen molar-refractivity contribution in [2.24, 2.45) is 0 Å². The number of imidazole rings is 1. The fourth-order valence-corrected chi connectivity index (χ4v) is 2.32. The molecule has 3 rings (SSSR count). The normalized spacial score (nSPS) is 13.0. The summed E-state index contributed by atoms with van der Waals surface area (Å²) in [7, 11) is 0. The summed E-state index contributed by atoms with van der Waals surface area (Å²) in [4.78, 5) is 12.6. The largest absolute Gasteiger partial charge is 0.334 e. The van der Waals surface area contributed by atoms with E-state index in [9.17, 15) is 0 Å². The maximum absolute atomic E-state index is 4.70. The van der Waals surface area contributed by atoms with E-state index in [0.29, 0.717) is 6.04 Å². The molecule has 1 N–H and O–H groups in total. The Bertz CT molecular complexity index is 753. The summed E-state index contributed by atoms with van der Waals surface area (Å²) in [5, 5.41) is 4.58. The number of aromatic nitrogens is 5. The molecule has 0 aromatic carbocycles. The number of nitrogens with one attached hydrogen (secondary N) is 1. The lowest BCUT2D eigenvalue weighted by Gasteiger charge is -2.08. The number of pyridine rings is 1. The Labute approximate surface area is 118 Å². The number of H-pyrrole nitrogens is 1. The summed E-state index contributed by atoms with van der Waals surface area (Å²) in [6.45, 7) is 8.31. The van der Waals surface area contributed by atoms with Crippen molar-refractivity contribution in [3.63, 3.8) is 0 Å². The Morgan fingerprint density at radius 2 is 2.05 bits per heavy atom. The molecule has 0 saturated carbocycles. The van der Waals surface area contributed by atoms with Crippen LogP contribution in [-0.4, -0.2) is 24.7 Å². The zero-order chi connectivity index (χ0) is 14.3. The van der Waals surface area contributed by atoms with Crippen LogP contribution in [0.15, 0.2) is 18.2 Å². The SMILES string of the molecule is CCC(C)n1nc(C)c2[nH]c(-c3cccc(C)n3)nc21. The quantitative estimate of drug-likeness (QED) is 0.792. The molecular weight excluding hydrogens is 250 g/mol. The molecule has 0 aliphatic rings. The molecule has 104 valence electrons. The van der Waals surface area contributed by atoms with Gasteiger partial charge in [0, 0.05) is 5.69 Å². The van der Waals surface area contributed by atoms with Gasteiger partial charge in [0.05, 0.1) is 11.7 Å². The van der Waals surface area contributed by atoms with E-state index in [4.69, 9.17) is 4.98 Å². The molecule has 1 atom stereocenters. The van der Waals surface area contributed by atoms with E-state index in [2.05, 4.69) is 28.9 Å². The third kappa shape index (κ3) is 1.99. The molecule has 3 heterocycles. The van der Waals surface area contributed by atoms with Gasteiger partial charge in [-0.3, -0.25) is 0 Å². The van der Waals surface area contributed by atoms with Crippen molar-refractivity contribution < 1.29 is 0 Å². The molecule has 0 fully saturated rings. The Hall–Kier alpha value is -2.17.